The molecule has 0 unspecified atom stereocenters. The van der Waals surface area contributed by atoms with Gasteiger partial charge in [0.25, 0.3) is 0 Å². The average molecular weight is 219 g/mol. The molecule has 1 aliphatic rings. The second kappa shape index (κ2) is 4.50. The van der Waals surface area contributed by atoms with E-state index in [1.54, 1.807) is 0 Å². The zero-order valence-electron chi connectivity index (χ0n) is 9.89. The molecule has 1 heterocycles. The van der Waals surface area contributed by atoms with Crippen molar-refractivity contribution in [3.05, 3.63) is 28.8 Å². The highest BCUT2D eigenvalue weighted by Gasteiger charge is 2.22. The first kappa shape index (κ1) is 10.9. The third kappa shape index (κ3) is 2.16. The molecule has 1 radical (unpaired) electrons. The molecule has 1 nitrogen and oxygen atoms in total. The van der Waals surface area contributed by atoms with E-state index in [-0.39, 0.29) is 0 Å². The van der Waals surface area contributed by atoms with Gasteiger partial charge in [-0.05, 0) is 55.1 Å². The molecule has 1 saturated heterocycles. The van der Waals surface area contributed by atoms with Gasteiger partial charge in [-0.2, -0.15) is 0 Å². The maximum atomic E-state index is 5.94. The van der Waals surface area contributed by atoms with Crippen LogP contribution in [0.1, 0.15) is 29.5 Å². The summed E-state index contributed by atoms with van der Waals surface area (Å²) in [5.41, 5.74) is 4.31. The van der Waals surface area contributed by atoms with Crippen LogP contribution in [-0.2, 0) is 4.43 Å². The Morgan fingerprint density at radius 2 is 1.87 bits per heavy atom. The minimum atomic E-state index is -0.694. The molecule has 1 aromatic rings. The van der Waals surface area contributed by atoms with Gasteiger partial charge >= 0.3 is 0 Å². The van der Waals surface area contributed by atoms with Crippen molar-refractivity contribution in [3.8, 4) is 0 Å². The largest absolute Gasteiger partial charge is 0.412 e. The molecule has 1 aromatic carbocycles. The number of hydrogen-bond acceptors (Lipinski definition) is 1. The molecule has 2 rings (SSSR count). The smallest absolute Gasteiger partial charge is 0.246 e. The molecule has 1 fully saturated rings. The van der Waals surface area contributed by atoms with Crippen LogP contribution in [0.4, 0.5) is 0 Å². The number of hydrogen-bond donors (Lipinski definition) is 0. The standard InChI is InChI=1S/C13H19OSi/c1-10-6-7-13(12(3)11(10)2)15-9-5-4-8-14-15/h6-7H,4-5,8-9H2,1-3H3. The highest BCUT2D eigenvalue weighted by Crippen LogP contribution is 2.16. The summed E-state index contributed by atoms with van der Waals surface area (Å²) in [6, 6.07) is 5.82. The maximum absolute atomic E-state index is 5.94. The van der Waals surface area contributed by atoms with Gasteiger partial charge in [-0.3, -0.25) is 0 Å². The molecule has 15 heavy (non-hydrogen) atoms. The second-order valence-electron chi connectivity index (χ2n) is 4.41. The van der Waals surface area contributed by atoms with Crippen molar-refractivity contribution < 1.29 is 4.43 Å². The van der Waals surface area contributed by atoms with Gasteiger partial charge < -0.3 is 4.43 Å². The summed E-state index contributed by atoms with van der Waals surface area (Å²) in [6.45, 7) is 7.62. The van der Waals surface area contributed by atoms with Crippen molar-refractivity contribution in [1.82, 2.24) is 0 Å². The van der Waals surface area contributed by atoms with Crippen LogP contribution in [0.25, 0.3) is 0 Å². The van der Waals surface area contributed by atoms with E-state index in [0.29, 0.717) is 0 Å². The molecule has 0 saturated carbocycles. The fourth-order valence-corrected chi connectivity index (χ4v) is 4.53. The molecule has 81 valence electrons. The van der Waals surface area contributed by atoms with Crippen LogP contribution in [0.5, 0.6) is 0 Å². The first-order valence-electron chi connectivity index (χ1n) is 5.76. The van der Waals surface area contributed by atoms with E-state index in [2.05, 4.69) is 32.9 Å². The molecule has 0 aromatic heterocycles. The molecule has 0 amide bonds. The van der Waals surface area contributed by atoms with Crippen LogP contribution in [0.3, 0.4) is 0 Å². The van der Waals surface area contributed by atoms with Crippen LogP contribution in [-0.4, -0.2) is 15.6 Å². The number of aryl methyl sites for hydroxylation is 1. The highest BCUT2D eigenvalue weighted by atomic mass is 28.3. The molecule has 0 bridgehead atoms. The number of benzene rings is 1. The molecule has 0 N–H and O–H groups in total. The molecule has 0 atom stereocenters. The van der Waals surface area contributed by atoms with Crippen LogP contribution in [0, 0.1) is 20.8 Å². The Labute approximate surface area is 94.2 Å². The van der Waals surface area contributed by atoms with E-state index < -0.39 is 9.04 Å². The van der Waals surface area contributed by atoms with Gasteiger partial charge in [-0.15, -0.1) is 0 Å². The normalized spacial score (nSPS) is 18.1. The number of rotatable bonds is 1. The topological polar surface area (TPSA) is 9.23 Å². The average Bonchev–Trinajstić information content (AvgIpc) is 2.27. The molecule has 1 aliphatic heterocycles. The zero-order valence-corrected chi connectivity index (χ0v) is 10.9. The monoisotopic (exact) mass is 219 g/mol. The third-order valence-electron chi connectivity index (χ3n) is 3.43. The first-order chi connectivity index (χ1) is 7.20. The van der Waals surface area contributed by atoms with Crippen molar-refractivity contribution in [2.45, 2.75) is 39.7 Å². The Morgan fingerprint density at radius 1 is 1.07 bits per heavy atom. The fraction of sp³-hybridized carbons (Fsp3) is 0.538. The molecular formula is C13H19OSi. The molecule has 0 spiro atoms. The Bertz CT molecular complexity index is 354. The van der Waals surface area contributed by atoms with Gasteiger partial charge in [0, 0.05) is 6.61 Å². The van der Waals surface area contributed by atoms with Crippen molar-refractivity contribution in [2.24, 2.45) is 0 Å². The minimum Gasteiger partial charge on any atom is -0.412 e. The summed E-state index contributed by atoms with van der Waals surface area (Å²) in [4.78, 5) is 0. The summed E-state index contributed by atoms with van der Waals surface area (Å²) in [6.07, 6.45) is 2.60. The zero-order chi connectivity index (χ0) is 10.8. The highest BCUT2D eigenvalue weighted by molar-refractivity contribution is 6.68. The Morgan fingerprint density at radius 3 is 2.53 bits per heavy atom. The lowest BCUT2D eigenvalue weighted by atomic mass is 10.1. The predicted molar refractivity (Wildman–Crippen MR) is 66.0 cm³/mol. The second-order valence-corrected chi connectivity index (χ2v) is 6.58. The van der Waals surface area contributed by atoms with Gasteiger partial charge in [-0.25, -0.2) is 0 Å². The van der Waals surface area contributed by atoms with E-state index in [0.717, 1.165) is 6.61 Å². The fourth-order valence-electron chi connectivity index (χ4n) is 2.13. The summed E-state index contributed by atoms with van der Waals surface area (Å²) in [5, 5.41) is 1.50. The van der Waals surface area contributed by atoms with E-state index >= 15 is 0 Å². The summed E-state index contributed by atoms with van der Waals surface area (Å²) in [5.74, 6) is 0. The van der Waals surface area contributed by atoms with Crippen molar-refractivity contribution >= 4 is 14.2 Å². The summed E-state index contributed by atoms with van der Waals surface area (Å²) in [7, 11) is -0.694. The first-order valence-corrected chi connectivity index (χ1v) is 7.37. The quantitative estimate of drug-likeness (QED) is 0.660. The summed E-state index contributed by atoms with van der Waals surface area (Å²) < 4.78 is 5.94. The van der Waals surface area contributed by atoms with Gasteiger partial charge in [0.15, 0.2) is 0 Å². The lowest BCUT2D eigenvalue weighted by Crippen LogP contribution is -2.38. The van der Waals surface area contributed by atoms with Gasteiger partial charge in [-0.1, -0.05) is 18.6 Å². The Hall–Kier alpha value is -0.603. The van der Waals surface area contributed by atoms with Crippen LogP contribution in [0.15, 0.2) is 12.1 Å². The van der Waals surface area contributed by atoms with E-state index in [4.69, 9.17) is 4.43 Å². The van der Waals surface area contributed by atoms with Crippen LogP contribution < -0.4 is 5.19 Å². The van der Waals surface area contributed by atoms with Crippen LogP contribution in [0.2, 0.25) is 6.04 Å². The van der Waals surface area contributed by atoms with Crippen LogP contribution >= 0.6 is 0 Å². The van der Waals surface area contributed by atoms with Crippen molar-refractivity contribution in [1.29, 1.82) is 0 Å². The van der Waals surface area contributed by atoms with E-state index in [1.165, 1.54) is 40.8 Å². The lowest BCUT2D eigenvalue weighted by Gasteiger charge is -2.23. The van der Waals surface area contributed by atoms with Crippen molar-refractivity contribution in [3.63, 3.8) is 0 Å². The molecule has 0 aliphatic carbocycles. The van der Waals surface area contributed by atoms with Crippen molar-refractivity contribution in [2.75, 3.05) is 6.61 Å². The Balaban J connectivity index is 2.31. The predicted octanol–water partition coefficient (Wildman–Crippen LogP) is 2.62. The third-order valence-corrected chi connectivity index (χ3v) is 5.94. The SMILES string of the molecule is Cc1ccc([Si]2CCCCO2)c(C)c1C. The maximum Gasteiger partial charge on any atom is 0.246 e. The van der Waals surface area contributed by atoms with Gasteiger partial charge in [0.2, 0.25) is 9.04 Å². The lowest BCUT2D eigenvalue weighted by molar-refractivity contribution is 0.294. The van der Waals surface area contributed by atoms with Gasteiger partial charge in [0.05, 0.1) is 0 Å². The molecule has 2 heteroatoms. The Kier molecular flexibility index (Phi) is 3.27. The van der Waals surface area contributed by atoms with E-state index in [1.807, 2.05) is 0 Å². The van der Waals surface area contributed by atoms with Gasteiger partial charge in [0.1, 0.15) is 0 Å². The van der Waals surface area contributed by atoms with E-state index in [9.17, 15) is 0 Å². The minimum absolute atomic E-state index is 0.694. The molecular weight excluding hydrogens is 200 g/mol. The summed E-state index contributed by atoms with van der Waals surface area (Å²) >= 11 is 0.